The molecule has 0 saturated heterocycles. The number of esters is 1. The fourth-order valence-electron chi connectivity index (χ4n) is 2.12. The first kappa shape index (κ1) is 20.5. The molecule has 8 heteroatoms. The van der Waals surface area contributed by atoms with Crippen molar-refractivity contribution in [2.45, 2.75) is 33.0 Å². The predicted octanol–water partition coefficient (Wildman–Crippen LogP) is 4.28. The first-order valence-electron chi connectivity index (χ1n) is 8.32. The summed E-state index contributed by atoms with van der Waals surface area (Å²) in [4.78, 5) is 23.7. The van der Waals surface area contributed by atoms with Gasteiger partial charge in [0.15, 0.2) is 6.61 Å². The lowest BCUT2D eigenvalue weighted by molar-refractivity contribution is -0.137. The number of nitrogens with one attached hydrogen (secondary N) is 1. The average molecular weight is 383 g/mol. The monoisotopic (exact) mass is 383 g/mol. The highest BCUT2D eigenvalue weighted by atomic mass is 19.4. The van der Waals surface area contributed by atoms with Gasteiger partial charge in [0.1, 0.15) is 5.76 Å². The maximum absolute atomic E-state index is 12.8. The minimum absolute atomic E-state index is 0.0765. The van der Waals surface area contributed by atoms with Crippen LogP contribution >= 0.6 is 0 Å². The Labute approximate surface area is 154 Å². The third kappa shape index (κ3) is 5.60. The van der Waals surface area contributed by atoms with Gasteiger partial charge in [0.25, 0.3) is 5.91 Å². The smallest absolute Gasteiger partial charge is 0.416 e. The van der Waals surface area contributed by atoms with Gasteiger partial charge in [0.2, 0.25) is 5.76 Å². The third-order valence-corrected chi connectivity index (χ3v) is 4.00. The van der Waals surface area contributed by atoms with E-state index in [2.05, 4.69) is 5.32 Å². The van der Waals surface area contributed by atoms with Crippen LogP contribution in [0.2, 0.25) is 0 Å². The summed E-state index contributed by atoms with van der Waals surface area (Å²) in [6, 6.07) is 7.13. The Morgan fingerprint density at radius 2 is 1.85 bits per heavy atom. The van der Waals surface area contributed by atoms with E-state index in [-0.39, 0.29) is 29.0 Å². The molecule has 1 N–H and O–H groups in total. The van der Waals surface area contributed by atoms with Crippen LogP contribution in [0.1, 0.15) is 36.9 Å². The van der Waals surface area contributed by atoms with Gasteiger partial charge < -0.3 is 14.5 Å². The van der Waals surface area contributed by atoms with Gasteiger partial charge in [-0.05, 0) is 37.1 Å². The van der Waals surface area contributed by atoms with Crippen LogP contribution in [0, 0.1) is 5.92 Å². The predicted molar refractivity (Wildman–Crippen MR) is 91.9 cm³/mol. The summed E-state index contributed by atoms with van der Waals surface area (Å²) in [5.41, 5.74) is -0.649. The topological polar surface area (TPSA) is 68.5 Å². The molecule has 1 aromatic heterocycles. The number of furan rings is 1. The molecule has 0 aliphatic carbocycles. The SMILES string of the molecule is CC(C)[C@@H](C)NC(=O)COC(=O)c1ccc(-c2cccc(C(F)(F)F)c2)o1. The number of amides is 1. The van der Waals surface area contributed by atoms with E-state index in [9.17, 15) is 22.8 Å². The highest BCUT2D eigenvalue weighted by Gasteiger charge is 2.30. The molecule has 27 heavy (non-hydrogen) atoms. The highest BCUT2D eigenvalue weighted by Crippen LogP contribution is 2.32. The first-order chi connectivity index (χ1) is 12.6. The molecule has 0 fully saturated rings. The van der Waals surface area contributed by atoms with Crippen LogP contribution in [0.5, 0.6) is 0 Å². The normalized spacial score (nSPS) is 12.7. The van der Waals surface area contributed by atoms with Crippen LogP contribution < -0.4 is 5.32 Å². The minimum atomic E-state index is -4.48. The molecule has 1 aromatic carbocycles. The van der Waals surface area contributed by atoms with Crippen LogP contribution in [-0.2, 0) is 15.7 Å². The van der Waals surface area contributed by atoms with E-state index >= 15 is 0 Å². The quantitative estimate of drug-likeness (QED) is 0.756. The van der Waals surface area contributed by atoms with Gasteiger partial charge in [-0.2, -0.15) is 13.2 Å². The molecule has 0 saturated carbocycles. The summed E-state index contributed by atoms with van der Waals surface area (Å²) in [7, 11) is 0. The maximum atomic E-state index is 12.8. The van der Waals surface area contributed by atoms with Gasteiger partial charge in [-0.3, -0.25) is 4.79 Å². The number of ether oxygens (including phenoxy) is 1. The molecule has 1 heterocycles. The molecule has 2 rings (SSSR count). The number of rotatable bonds is 6. The molecule has 1 amide bonds. The van der Waals surface area contributed by atoms with Crippen molar-refractivity contribution in [2.24, 2.45) is 5.92 Å². The Bertz CT molecular complexity index is 811. The Kier molecular flexibility index (Phi) is 6.30. The number of carbonyl (C=O) groups excluding carboxylic acids is 2. The van der Waals surface area contributed by atoms with E-state index in [1.165, 1.54) is 24.3 Å². The largest absolute Gasteiger partial charge is 0.450 e. The summed E-state index contributed by atoms with van der Waals surface area (Å²) in [5, 5.41) is 2.68. The number of carbonyl (C=O) groups is 2. The summed E-state index contributed by atoms with van der Waals surface area (Å²) >= 11 is 0. The van der Waals surface area contributed by atoms with Crippen molar-refractivity contribution >= 4 is 11.9 Å². The van der Waals surface area contributed by atoms with Crippen molar-refractivity contribution in [3.63, 3.8) is 0 Å². The summed E-state index contributed by atoms with van der Waals surface area (Å²) < 4.78 is 48.5. The van der Waals surface area contributed by atoms with E-state index in [1.807, 2.05) is 20.8 Å². The molecular formula is C19H20F3NO4. The molecule has 0 aliphatic heterocycles. The minimum Gasteiger partial charge on any atom is -0.450 e. The Morgan fingerprint density at radius 1 is 1.15 bits per heavy atom. The Balaban J connectivity index is 2.01. The number of hydrogen-bond acceptors (Lipinski definition) is 4. The standard InChI is InChI=1S/C19H20F3NO4/c1-11(2)12(3)23-17(24)10-26-18(25)16-8-7-15(27-16)13-5-4-6-14(9-13)19(20,21)22/h4-9,11-12H,10H2,1-3H3,(H,23,24)/t12-/m1/s1. The van der Waals surface area contributed by atoms with Crippen molar-refractivity contribution in [1.82, 2.24) is 5.32 Å². The summed E-state index contributed by atoms with van der Waals surface area (Å²) in [5.74, 6) is -1.21. The fraction of sp³-hybridized carbons (Fsp3) is 0.368. The van der Waals surface area contributed by atoms with Gasteiger partial charge in [0, 0.05) is 11.6 Å². The van der Waals surface area contributed by atoms with Crippen LogP contribution in [0.25, 0.3) is 11.3 Å². The van der Waals surface area contributed by atoms with Crippen molar-refractivity contribution in [3.05, 3.63) is 47.7 Å². The molecular weight excluding hydrogens is 363 g/mol. The average Bonchev–Trinajstić information content (AvgIpc) is 3.09. The lowest BCUT2D eigenvalue weighted by Gasteiger charge is -2.17. The van der Waals surface area contributed by atoms with Crippen LogP contribution in [0.15, 0.2) is 40.8 Å². The van der Waals surface area contributed by atoms with E-state index in [1.54, 1.807) is 0 Å². The Hall–Kier alpha value is -2.77. The molecule has 0 unspecified atom stereocenters. The Morgan fingerprint density at radius 3 is 2.48 bits per heavy atom. The van der Waals surface area contributed by atoms with Gasteiger partial charge in [-0.25, -0.2) is 4.79 Å². The van der Waals surface area contributed by atoms with Crippen molar-refractivity contribution in [1.29, 1.82) is 0 Å². The lowest BCUT2D eigenvalue weighted by atomic mass is 10.1. The van der Waals surface area contributed by atoms with Crippen molar-refractivity contribution in [2.75, 3.05) is 6.61 Å². The third-order valence-electron chi connectivity index (χ3n) is 4.00. The van der Waals surface area contributed by atoms with Crippen molar-refractivity contribution < 1.29 is 31.9 Å². The highest BCUT2D eigenvalue weighted by molar-refractivity contribution is 5.89. The lowest BCUT2D eigenvalue weighted by Crippen LogP contribution is -2.38. The number of hydrogen-bond donors (Lipinski definition) is 1. The zero-order valence-electron chi connectivity index (χ0n) is 15.1. The molecule has 146 valence electrons. The fourth-order valence-corrected chi connectivity index (χ4v) is 2.12. The summed E-state index contributed by atoms with van der Waals surface area (Å²) in [6.07, 6.45) is -4.48. The van der Waals surface area contributed by atoms with Crippen LogP contribution in [-0.4, -0.2) is 24.5 Å². The molecule has 0 radical (unpaired) electrons. The summed E-state index contributed by atoms with van der Waals surface area (Å²) in [6.45, 7) is 5.23. The van der Waals surface area contributed by atoms with Gasteiger partial charge >= 0.3 is 12.1 Å². The molecule has 2 aromatic rings. The first-order valence-corrected chi connectivity index (χ1v) is 8.32. The van der Waals surface area contributed by atoms with E-state index in [0.717, 1.165) is 12.1 Å². The van der Waals surface area contributed by atoms with E-state index in [4.69, 9.17) is 9.15 Å². The zero-order chi connectivity index (χ0) is 20.2. The second kappa shape index (κ2) is 8.28. The number of halogens is 3. The number of alkyl halides is 3. The molecule has 0 bridgehead atoms. The van der Waals surface area contributed by atoms with E-state index in [0.29, 0.717) is 0 Å². The van der Waals surface area contributed by atoms with E-state index < -0.39 is 30.2 Å². The molecule has 1 atom stereocenters. The van der Waals surface area contributed by atoms with Gasteiger partial charge in [-0.15, -0.1) is 0 Å². The second-order valence-corrected chi connectivity index (χ2v) is 6.42. The van der Waals surface area contributed by atoms with Gasteiger partial charge in [0.05, 0.1) is 5.56 Å². The molecule has 0 aliphatic rings. The molecule has 0 spiro atoms. The van der Waals surface area contributed by atoms with Crippen LogP contribution in [0.3, 0.4) is 0 Å². The maximum Gasteiger partial charge on any atom is 0.416 e. The second-order valence-electron chi connectivity index (χ2n) is 6.42. The van der Waals surface area contributed by atoms with Crippen LogP contribution in [0.4, 0.5) is 13.2 Å². The van der Waals surface area contributed by atoms with Gasteiger partial charge in [-0.1, -0.05) is 26.0 Å². The molecule has 5 nitrogen and oxygen atoms in total. The zero-order valence-corrected chi connectivity index (χ0v) is 15.1. The number of benzene rings is 1. The van der Waals surface area contributed by atoms with Crippen molar-refractivity contribution in [3.8, 4) is 11.3 Å².